The maximum atomic E-state index is 13.8. The minimum atomic E-state index is -0.543. The molecule has 0 atom stereocenters. The van der Waals surface area contributed by atoms with Crippen molar-refractivity contribution in [3.63, 3.8) is 0 Å². The van der Waals surface area contributed by atoms with Crippen molar-refractivity contribution in [3.05, 3.63) is 50.6 Å². The Labute approximate surface area is 204 Å². The second-order valence-electron chi connectivity index (χ2n) is 7.84. The Balaban J connectivity index is 1.76. The highest BCUT2D eigenvalue weighted by atomic mass is 32.2. The fraction of sp³-hybridized carbons (Fsp3) is 0.348. The number of aromatic nitrogens is 2. The van der Waals surface area contributed by atoms with Crippen LogP contribution in [0.15, 0.2) is 34.2 Å². The van der Waals surface area contributed by atoms with E-state index in [-0.39, 0.29) is 29.7 Å². The number of methoxy groups -OCH3 is 1. The van der Waals surface area contributed by atoms with Crippen molar-refractivity contribution >= 4 is 51.1 Å². The monoisotopic (exact) mass is 500 g/mol. The average molecular weight is 501 g/mol. The number of thiophene rings is 1. The molecule has 0 spiro atoms. The zero-order chi connectivity index (χ0) is 24.4. The van der Waals surface area contributed by atoms with Crippen LogP contribution >= 0.6 is 23.1 Å². The Morgan fingerprint density at radius 3 is 2.74 bits per heavy atom. The summed E-state index contributed by atoms with van der Waals surface area (Å²) in [6, 6.07) is 7.51. The summed E-state index contributed by atoms with van der Waals surface area (Å²) in [7, 11) is 1.25. The summed E-state index contributed by atoms with van der Waals surface area (Å²) in [6.45, 7) is 4.26. The molecule has 3 heterocycles. The van der Waals surface area contributed by atoms with Gasteiger partial charge in [-0.25, -0.2) is 4.98 Å². The van der Waals surface area contributed by atoms with Crippen molar-refractivity contribution < 1.29 is 19.1 Å². The van der Waals surface area contributed by atoms with Gasteiger partial charge in [-0.3, -0.25) is 23.7 Å². The first-order chi connectivity index (χ1) is 16.3. The highest BCUT2D eigenvalue weighted by molar-refractivity contribution is 7.99. The predicted molar refractivity (Wildman–Crippen MR) is 130 cm³/mol. The molecule has 0 saturated heterocycles. The Bertz CT molecular complexity index is 1350. The largest absolute Gasteiger partial charge is 0.468 e. The van der Waals surface area contributed by atoms with Gasteiger partial charge < -0.3 is 15.0 Å². The average Bonchev–Trinajstić information content (AvgIpc) is 3.19. The normalized spacial score (nSPS) is 13.0. The van der Waals surface area contributed by atoms with E-state index < -0.39 is 5.97 Å². The van der Waals surface area contributed by atoms with Crippen LogP contribution in [0.1, 0.15) is 22.9 Å². The summed E-state index contributed by atoms with van der Waals surface area (Å²) < 4.78 is 6.09. The van der Waals surface area contributed by atoms with E-state index in [0.717, 1.165) is 27.8 Å². The van der Waals surface area contributed by atoms with E-state index in [1.54, 1.807) is 16.4 Å². The number of aryl methyl sites for hydroxylation is 1. The van der Waals surface area contributed by atoms with E-state index in [1.807, 2.05) is 31.2 Å². The summed E-state index contributed by atoms with van der Waals surface area (Å²) in [6.07, 6.45) is 0.599. The standard InChI is InChI=1S/C23H24N4O5S2/c1-13-6-4-5-7-16(13)27-22(31)20-15-8-9-26(14(2)28)11-17(15)34-21(20)25-23(27)33-12-18(29)24-10-19(30)32-3/h4-7H,8-12H2,1-3H3,(H,24,29). The number of rotatable bonds is 6. The third-order valence-electron chi connectivity index (χ3n) is 5.64. The zero-order valence-electron chi connectivity index (χ0n) is 19.0. The molecule has 11 heteroatoms. The van der Waals surface area contributed by atoms with Gasteiger partial charge in [-0.2, -0.15) is 0 Å². The van der Waals surface area contributed by atoms with E-state index in [4.69, 9.17) is 4.98 Å². The van der Waals surface area contributed by atoms with Crippen molar-refractivity contribution in [1.82, 2.24) is 19.8 Å². The lowest BCUT2D eigenvalue weighted by atomic mass is 10.1. The second kappa shape index (κ2) is 9.98. The number of ether oxygens (including phenoxy) is 1. The highest BCUT2D eigenvalue weighted by Crippen LogP contribution is 2.34. The molecule has 0 bridgehead atoms. The first-order valence-electron chi connectivity index (χ1n) is 10.6. The van der Waals surface area contributed by atoms with E-state index in [1.165, 1.54) is 18.4 Å². The van der Waals surface area contributed by atoms with Crippen molar-refractivity contribution in [1.29, 1.82) is 0 Å². The molecular formula is C23H24N4O5S2. The molecule has 0 aliphatic carbocycles. The van der Waals surface area contributed by atoms with E-state index in [0.29, 0.717) is 40.6 Å². The third-order valence-corrected chi connectivity index (χ3v) is 7.68. The maximum Gasteiger partial charge on any atom is 0.325 e. The molecule has 0 unspecified atom stereocenters. The smallest absolute Gasteiger partial charge is 0.325 e. The van der Waals surface area contributed by atoms with Crippen LogP contribution in [-0.2, 0) is 32.1 Å². The van der Waals surface area contributed by atoms with Crippen LogP contribution in [0, 0.1) is 6.92 Å². The van der Waals surface area contributed by atoms with Gasteiger partial charge in [0, 0.05) is 18.3 Å². The van der Waals surface area contributed by atoms with Crippen molar-refractivity contribution in [2.24, 2.45) is 0 Å². The lowest BCUT2D eigenvalue weighted by Crippen LogP contribution is -2.34. The minimum Gasteiger partial charge on any atom is -0.468 e. The number of hydrogen-bond acceptors (Lipinski definition) is 8. The summed E-state index contributed by atoms with van der Waals surface area (Å²) in [5, 5.41) is 3.46. The first-order valence-corrected chi connectivity index (χ1v) is 12.5. The van der Waals surface area contributed by atoms with Gasteiger partial charge in [0.15, 0.2) is 5.16 Å². The van der Waals surface area contributed by atoms with Gasteiger partial charge in [0.2, 0.25) is 11.8 Å². The lowest BCUT2D eigenvalue weighted by molar-refractivity contribution is -0.140. The number of amides is 2. The van der Waals surface area contributed by atoms with Crippen LogP contribution in [0.5, 0.6) is 0 Å². The predicted octanol–water partition coefficient (Wildman–Crippen LogP) is 2.04. The molecule has 1 N–H and O–H groups in total. The number of benzene rings is 1. The number of nitrogens with zero attached hydrogens (tertiary/aromatic N) is 3. The van der Waals surface area contributed by atoms with E-state index >= 15 is 0 Å². The molecule has 1 aliphatic heterocycles. The Hall–Kier alpha value is -3.18. The molecule has 34 heavy (non-hydrogen) atoms. The Morgan fingerprint density at radius 2 is 2.03 bits per heavy atom. The number of esters is 1. The number of nitrogens with one attached hydrogen (secondary N) is 1. The molecule has 0 saturated carbocycles. The Morgan fingerprint density at radius 1 is 1.26 bits per heavy atom. The molecule has 1 aliphatic rings. The molecule has 0 fully saturated rings. The van der Waals surface area contributed by atoms with Crippen LogP contribution in [-0.4, -0.2) is 58.2 Å². The van der Waals surface area contributed by atoms with Gasteiger partial charge in [-0.05, 0) is 30.5 Å². The quantitative estimate of drug-likeness (QED) is 0.313. The SMILES string of the molecule is COC(=O)CNC(=O)CSc1nc2sc3c(c2c(=O)n1-c1ccccc1C)CCN(C(C)=O)C3. The molecule has 2 aromatic heterocycles. The number of thioether (sulfide) groups is 1. The number of carbonyl (C=O) groups excluding carboxylic acids is 3. The van der Waals surface area contributed by atoms with Crippen molar-refractivity contribution in [3.8, 4) is 5.69 Å². The minimum absolute atomic E-state index is 0.00241. The van der Waals surface area contributed by atoms with Gasteiger partial charge in [-0.1, -0.05) is 30.0 Å². The number of hydrogen-bond donors (Lipinski definition) is 1. The molecule has 3 aromatic rings. The molecule has 0 radical (unpaired) electrons. The lowest BCUT2D eigenvalue weighted by Gasteiger charge is -2.25. The fourth-order valence-corrected chi connectivity index (χ4v) is 5.95. The highest BCUT2D eigenvalue weighted by Gasteiger charge is 2.27. The van der Waals surface area contributed by atoms with E-state index in [2.05, 4.69) is 10.1 Å². The maximum absolute atomic E-state index is 13.8. The summed E-state index contributed by atoms with van der Waals surface area (Å²) >= 11 is 2.54. The van der Waals surface area contributed by atoms with Gasteiger partial charge in [0.1, 0.15) is 11.4 Å². The zero-order valence-corrected chi connectivity index (χ0v) is 20.7. The Kier molecular flexibility index (Phi) is 7.03. The first kappa shape index (κ1) is 24.0. The molecule has 178 valence electrons. The van der Waals surface area contributed by atoms with Crippen LogP contribution in [0.2, 0.25) is 0 Å². The summed E-state index contributed by atoms with van der Waals surface area (Å²) in [5.74, 6) is -0.936. The van der Waals surface area contributed by atoms with Crippen LogP contribution in [0.4, 0.5) is 0 Å². The third kappa shape index (κ3) is 4.71. The molecule has 4 rings (SSSR count). The number of fused-ring (bicyclic) bond motifs is 3. The van der Waals surface area contributed by atoms with E-state index in [9.17, 15) is 19.2 Å². The van der Waals surface area contributed by atoms with Gasteiger partial charge in [-0.15, -0.1) is 11.3 Å². The van der Waals surface area contributed by atoms with Gasteiger partial charge in [0.25, 0.3) is 5.56 Å². The van der Waals surface area contributed by atoms with Crippen molar-refractivity contribution in [2.75, 3.05) is 26.0 Å². The van der Waals surface area contributed by atoms with Crippen LogP contribution < -0.4 is 10.9 Å². The molecule has 1 aromatic carbocycles. The van der Waals surface area contributed by atoms with Crippen LogP contribution in [0.3, 0.4) is 0 Å². The molecular weight excluding hydrogens is 476 g/mol. The number of carbonyl (C=O) groups is 3. The summed E-state index contributed by atoms with van der Waals surface area (Å²) in [5.41, 5.74) is 2.35. The van der Waals surface area contributed by atoms with Gasteiger partial charge in [0.05, 0.1) is 30.5 Å². The molecule has 2 amide bonds. The van der Waals surface area contributed by atoms with Crippen LogP contribution in [0.25, 0.3) is 15.9 Å². The topological polar surface area (TPSA) is 111 Å². The molecule has 9 nitrogen and oxygen atoms in total. The summed E-state index contributed by atoms with van der Waals surface area (Å²) in [4.78, 5) is 57.4. The second-order valence-corrected chi connectivity index (χ2v) is 9.86. The fourth-order valence-electron chi connectivity index (χ4n) is 3.84. The van der Waals surface area contributed by atoms with Crippen molar-refractivity contribution in [2.45, 2.75) is 32.0 Å². The number of para-hydroxylation sites is 1. The van der Waals surface area contributed by atoms with Gasteiger partial charge >= 0.3 is 5.97 Å².